The highest BCUT2D eigenvalue weighted by atomic mass is 16.5. The van der Waals surface area contributed by atoms with Crippen LogP contribution in [0.3, 0.4) is 0 Å². The Morgan fingerprint density at radius 2 is 2.19 bits per heavy atom. The number of likely N-dealkylation sites (tertiary alicyclic amines) is 1. The molecule has 1 aromatic carbocycles. The van der Waals surface area contributed by atoms with Crippen LogP contribution in [0.5, 0.6) is 5.75 Å². The first kappa shape index (κ1) is 20.9. The number of amides is 2. The topological polar surface area (TPSA) is 105 Å². The SMILES string of the molecule is Cc1ncccc1COc1ccc2oc(C)c(C(=O)NC3CCN(CCO)C3=O)c2c1. The maximum Gasteiger partial charge on any atom is 0.256 e. The van der Waals surface area contributed by atoms with E-state index in [9.17, 15) is 9.59 Å². The number of benzene rings is 1. The Labute approximate surface area is 179 Å². The molecular formula is C23H25N3O5. The van der Waals surface area contributed by atoms with E-state index in [1.807, 2.05) is 19.1 Å². The molecule has 8 nitrogen and oxygen atoms in total. The molecule has 1 unspecified atom stereocenters. The van der Waals surface area contributed by atoms with Gasteiger partial charge in [-0.2, -0.15) is 0 Å². The van der Waals surface area contributed by atoms with Crippen LogP contribution in [-0.2, 0) is 11.4 Å². The van der Waals surface area contributed by atoms with Gasteiger partial charge in [0.15, 0.2) is 0 Å². The summed E-state index contributed by atoms with van der Waals surface area (Å²) in [6.07, 6.45) is 2.25. The maximum absolute atomic E-state index is 13.0. The number of hydrogen-bond acceptors (Lipinski definition) is 6. The number of furan rings is 1. The first-order valence-electron chi connectivity index (χ1n) is 10.2. The smallest absolute Gasteiger partial charge is 0.256 e. The monoisotopic (exact) mass is 423 g/mol. The van der Waals surface area contributed by atoms with Gasteiger partial charge in [-0.15, -0.1) is 0 Å². The van der Waals surface area contributed by atoms with E-state index in [0.29, 0.717) is 47.6 Å². The standard InChI is InChI=1S/C23H25N3O5/c1-14-16(4-3-8-24-14)13-30-17-5-6-20-18(12-17)21(15(2)31-20)22(28)25-19-7-9-26(10-11-27)23(19)29/h3-6,8,12,19,27H,7,9-11,13H2,1-2H3,(H,25,28). The Hall–Kier alpha value is -3.39. The zero-order valence-electron chi connectivity index (χ0n) is 17.6. The molecule has 8 heteroatoms. The molecule has 0 aliphatic carbocycles. The van der Waals surface area contributed by atoms with Crippen molar-refractivity contribution in [1.82, 2.24) is 15.2 Å². The van der Waals surface area contributed by atoms with E-state index in [0.717, 1.165) is 11.3 Å². The first-order chi connectivity index (χ1) is 15.0. The van der Waals surface area contributed by atoms with Crippen molar-refractivity contribution in [2.75, 3.05) is 19.7 Å². The number of aryl methyl sites for hydroxylation is 2. The highest BCUT2D eigenvalue weighted by Gasteiger charge is 2.33. The number of nitrogens with zero attached hydrogens (tertiary/aromatic N) is 2. The zero-order valence-corrected chi connectivity index (χ0v) is 17.6. The Balaban J connectivity index is 1.53. The number of aliphatic hydroxyl groups excluding tert-OH is 1. The third-order valence-electron chi connectivity index (χ3n) is 5.55. The van der Waals surface area contributed by atoms with Gasteiger partial charge in [-0.1, -0.05) is 6.07 Å². The number of ether oxygens (including phenoxy) is 1. The number of pyridine rings is 1. The van der Waals surface area contributed by atoms with Gasteiger partial charge in [-0.05, 0) is 44.5 Å². The van der Waals surface area contributed by atoms with Crippen molar-refractivity contribution < 1.29 is 23.8 Å². The molecule has 0 bridgehead atoms. The van der Waals surface area contributed by atoms with E-state index in [-0.39, 0.29) is 25.0 Å². The summed E-state index contributed by atoms with van der Waals surface area (Å²) >= 11 is 0. The summed E-state index contributed by atoms with van der Waals surface area (Å²) in [5.41, 5.74) is 2.86. The van der Waals surface area contributed by atoms with Crippen LogP contribution >= 0.6 is 0 Å². The normalized spacial score (nSPS) is 16.2. The zero-order chi connectivity index (χ0) is 22.0. The van der Waals surface area contributed by atoms with Gasteiger partial charge in [0, 0.05) is 35.9 Å². The minimum atomic E-state index is -0.601. The molecule has 1 saturated heterocycles. The number of fused-ring (bicyclic) bond motifs is 1. The van der Waals surface area contributed by atoms with Crippen LogP contribution < -0.4 is 10.1 Å². The van der Waals surface area contributed by atoms with Gasteiger partial charge >= 0.3 is 0 Å². The predicted molar refractivity (Wildman–Crippen MR) is 114 cm³/mol. The molecule has 3 heterocycles. The fraction of sp³-hybridized carbons (Fsp3) is 0.348. The molecule has 1 atom stereocenters. The number of β-amino-alcohol motifs (C(OH)–C–C–N with tert-alkyl or cyclic N) is 1. The van der Waals surface area contributed by atoms with Crippen molar-refractivity contribution in [3.63, 3.8) is 0 Å². The molecule has 31 heavy (non-hydrogen) atoms. The van der Waals surface area contributed by atoms with Gasteiger partial charge < -0.3 is 24.5 Å². The number of carbonyl (C=O) groups excluding carboxylic acids is 2. The largest absolute Gasteiger partial charge is 0.489 e. The lowest BCUT2D eigenvalue weighted by Crippen LogP contribution is -2.42. The number of nitrogens with one attached hydrogen (secondary N) is 1. The molecule has 1 aliphatic heterocycles. The van der Waals surface area contributed by atoms with Gasteiger partial charge in [-0.3, -0.25) is 14.6 Å². The Morgan fingerprint density at radius 1 is 1.35 bits per heavy atom. The molecule has 0 radical (unpaired) electrons. The molecule has 1 aliphatic rings. The molecule has 3 aromatic rings. The lowest BCUT2D eigenvalue weighted by molar-refractivity contribution is -0.129. The summed E-state index contributed by atoms with van der Waals surface area (Å²) in [5, 5.41) is 12.5. The average Bonchev–Trinajstić information content (AvgIpc) is 3.26. The first-order valence-corrected chi connectivity index (χ1v) is 10.2. The van der Waals surface area contributed by atoms with E-state index in [1.54, 1.807) is 36.2 Å². The number of carbonyl (C=O) groups is 2. The van der Waals surface area contributed by atoms with Crippen LogP contribution in [0.25, 0.3) is 11.0 Å². The minimum Gasteiger partial charge on any atom is -0.489 e. The summed E-state index contributed by atoms with van der Waals surface area (Å²) in [4.78, 5) is 31.2. The van der Waals surface area contributed by atoms with Crippen molar-refractivity contribution in [2.45, 2.75) is 32.9 Å². The van der Waals surface area contributed by atoms with Crippen LogP contribution in [0.15, 0.2) is 40.9 Å². The van der Waals surface area contributed by atoms with E-state index in [1.165, 1.54) is 0 Å². The number of hydrogen-bond donors (Lipinski definition) is 2. The second-order valence-corrected chi connectivity index (χ2v) is 7.59. The number of aliphatic hydroxyl groups is 1. The van der Waals surface area contributed by atoms with Gasteiger partial charge in [0.2, 0.25) is 5.91 Å². The van der Waals surface area contributed by atoms with E-state index < -0.39 is 6.04 Å². The van der Waals surface area contributed by atoms with Gasteiger partial charge in [0.1, 0.15) is 29.7 Å². The quantitative estimate of drug-likeness (QED) is 0.604. The summed E-state index contributed by atoms with van der Waals surface area (Å²) in [5.74, 6) is 0.548. The van der Waals surface area contributed by atoms with E-state index >= 15 is 0 Å². The van der Waals surface area contributed by atoms with Crippen LogP contribution in [0.4, 0.5) is 0 Å². The Morgan fingerprint density at radius 3 is 2.97 bits per heavy atom. The summed E-state index contributed by atoms with van der Waals surface area (Å²) in [6, 6.07) is 8.57. The van der Waals surface area contributed by atoms with Gasteiger partial charge in [0.05, 0.1) is 12.2 Å². The molecule has 162 valence electrons. The van der Waals surface area contributed by atoms with Gasteiger partial charge in [0.25, 0.3) is 5.91 Å². The number of rotatable bonds is 7. The predicted octanol–water partition coefficient (Wildman–Crippen LogP) is 2.35. The highest BCUT2D eigenvalue weighted by molar-refractivity contribution is 6.08. The molecule has 0 spiro atoms. The molecule has 2 aromatic heterocycles. The van der Waals surface area contributed by atoms with Crippen LogP contribution in [0.2, 0.25) is 0 Å². The molecular weight excluding hydrogens is 398 g/mol. The lowest BCUT2D eigenvalue weighted by Gasteiger charge is -2.15. The summed E-state index contributed by atoms with van der Waals surface area (Å²) < 4.78 is 11.7. The lowest BCUT2D eigenvalue weighted by atomic mass is 10.1. The highest BCUT2D eigenvalue weighted by Crippen LogP contribution is 2.30. The summed E-state index contributed by atoms with van der Waals surface area (Å²) in [6.45, 7) is 4.70. The second-order valence-electron chi connectivity index (χ2n) is 7.59. The minimum absolute atomic E-state index is 0.0980. The van der Waals surface area contributed by atoms with Crippen LogP contribution in [0.1, 0.15) is 33.8 Å². The van der Waals surface area contributed by atoms with E-state index in [4.69, 9.17) is 14.3 Å². The van der Waals surface area contributed by atoms with Crippen molar-refractivity contribution in [1.29, 1.82) is 0 Å². The van der Waals surface area contributed by atoms with Crippen LogP contribution in [0, 0.1) is 13.8 Å². The molecule has 0 saturated carbocycles. The molecule has 1 fully saturated rings. The summed E-state index contributed by atoms with van der Waals surface area (Å²) in [7, 11) is 0. The van der Waals surface area contributed by atoms with Crippen molar-refractivity contribution in [3.05, 3.63) is 59.1 Å². The fourth-order valence-corrected chi connectivity index (χ4v) is 3.85. The number of aromatic nitrogens is 1. The maximum atomic E-state index is 13.0. The van der Waals surface area contributed by atoms with Crippen molar-refractivity contribution in [3.8, 4) is 5.75 Å². The van der Waals surface area contributed by atoms with Crippen molar-refractivity contribution >= 4 is 22.8 Å². The molecule has 2 N–H and O–H groups in total. The average molecular weight is 423 g/mol. The van der Waals surface area contributed by atoms with Crippen molar-refractivity contribution in [2.24, 2.45) is 0 Å². The Bertz CT molecular complexity index is 1120. The second kappa shape index (κ2) is 8.77. The van der Waals surface area contributed by atoms with Gasteiger partial charge in [-0.25, -0.2) is 0 Å². The van der Waals surface area contributed by atoms with E-state index in [2.05, 4.69) is 10.3 Å². The van der Waals surface area contributed by atoms with Crippen LogP contribution in [-0.4, -0.2) is 52.5 Å². The third kappa shape index (κ3) is 4.25. The molecule has 2 amide bonds. The Kier molecular flexibility index (Phi) is 5.90. The third-order valence-corrected chi connectivity index (χ3v) is 5.55. The fourth-order valence-electron chi connectivity index (χ4n) is 3.85. The molecule has 4 rings (SSSR count).